The Labute approximate surface area is 121 Å². The molecule has 0 fully saturated rings. The highest BCUT2D eigenvalue weighted by atomic mass is 32.2. The molecule has 2 N–H and O–H groups in total. The van der Waals surface area contributed by atoms with Crippen LogP contribution >= 0.6 is 11.9 Å². The summed E-state index contributed by atoms with van der Waals surface area (Å²) in [6, 6.07) is 17.3. The molecule has 0 radical (unpaired) electrons. The molecule has 0 unspecified atom stereocenters. The average molecular weight is 282 g/mol. The Morgan fingerprint density at radius 2 is 1.75 bits per heavy atom. The second-order valence-corrected chi connectivity index (χ2v) is 5.34. The van der Waals surface area contributed by atoms with Gasteiger partial charge in [0.1, 0.15) is 0 Å². The van der Waals surface area contributed by atoms with Gasteiger partial charge in [0.2, 0.25) is 0 Å². The second-order valence-electron chi connectivity index (χ2n) is 4.52. The fourth-order valence-electron chi connectivity index (χ4n) is 2.13. The monoisotopic (exact) mass is 282 g/mol. The first-order valence-corrected chi connectivity index (χ1v) is 7.17. The molecule has 0 saturated heterocycles. The van der Waals surface area contributed by atoms with E-state index in [4.69, 9.17) is 0 Å². The Balaban J connectivity index is 1.81. The van der Waals surface area contributed by atoms with Crippen molar-refractivity contribution in [1.29, 1.82) is 0 Å². The Kier molecular flexibility index (Phi) is 3.48. The van der Waals surface area contributed by atoms with E-state index < -0.39 is 0 Å². The van der Waals surface area contributed by atoms with Gasteiger partial charge in [-0.25, -0.2) is 0 Å². The highest BCUT2D eigenvalue weighted by Gasteiger charge is 2.11. The van der Waals surface area contributed by atoms with Gasteiger partial charge in [0.25, 0.3) is 5.91 Å². The fraction of sp³-hybridized carbons (Fsp3) is 0.0625. The van der Waals surface area contributed by atoms with Crippen molar-refractivity contribution in [2.75, 3.05) is 0 Å². The van der Waals surface area contributed by atoms with Gasteiger partial charge in [0, 0.05) is 22.2 Å². The largest absolute Gasteiger partial charge is 0.358 e. The summed E-state index contributed by atoms with van der Waals surface area (Å²) in [7, 11) is 0. The van der Waals surface area contributed by atoms with Crippen molar-refractivity contribution in [3.63, 3.8) is 0 Å². The predicted molar refractivity (Wildman–Crippen MR) is 82.8 cm³/mol. The maximum absolute atomic E-state index is 12.0. The van der Waals surface area contributed by atoms with Crippen molar-refractivity contribution in [2.45, 2.75) is 11.8 Å². The van der Waals surface area contributed by atoms with Gasteiger partial charge < -0.3 is 4.98 Å². The first-order chi connectivity index (χ1) is 9.75. The van der Waals surface area contributed by atoms with Gasteiger partial charge in [-0.15, -0.1) is 0 Å². The summed E-state index contributed by atoms with van der Waals surface area (Å²) in [5.41, 5.74) is 2.81. The number of carbonyl (C=O) groups is 1. The van der Waals surface area contributed by atoms with Crippen LogP contribution in [0.1, 0.15) is 16.1 Å². The standard InChI is InChI=1S/C16H14N2OS/c1-11-15(13-9-5-6-10-14(13)17-11)20-18-16(19)12-7-3-2-4-8-12/h2-10,17H,1H3,(H,18,19). The fourth-order valence-corrected chi connectivity index (χ4v) is 2.93. The molecule has 0 aliphatic carbocycles. The van der Waals surface area contributed by atoms with Crippen LogP contribution in [0, 0.1) is 6.92 Å². The van der Waals surface area contributed by atoms with E-state index in [0.717, 1.165) is 21.5 Å². The first-order valence-electron chi connectivity index (χ1n) is 6.35. The molecule has 0 bridgehead atoms. The molecule has 0 atom stereocenters. The summed E-state index contributed by atoms with van der Waals surface area (Å²) in [4.78, 5) is 16.4. The lowest BCUT2D eigenvalue weighted by Crippen LogP contribution is -2.15. The summed E-state index contributed by atoms with van der Waals surface area (Å²) >= 11 is 1.36. The van der Waals surface area contributed by atoms with E-state index in [-0.39, 0.29) is 5.91 Å². The predicted octanol–water partition coefficient (Wildman–Crippen LogP) is 3.91. The van der Waals surface area contributed by atoms with E-state index in [1.807, 2.05) is 43.3 Å². The molecular weight excluding hydrogens is 268 g/mol. The van der Waals surface area contributed by atoms with Crippen LogP contribution in [0.2, 0.25) is 0 Å². The Bertz CT molecular complexity index is 750. The number of H-pyrrole nitrogens is 1. The zero-order valence-corrected chi connectivity index (χ0v) is 11.8. The minimum absolute atomic E-state index is 0.0831. The van der Waals surface area contributed by atoms with Crippen LogP contribution in [0.3, 0.4) is 0 Å². The van der Waals surface area contributed by atoms with Crippen LogP contribution in [-0.2, 0) is 0 Å². The molecule has 4 heteroatoms. The van der Waals surface area contributed by atoms with Crippen LogP contribution in [-0.4, -0.2) is 10.9 Å². The van der Waals surface area contributed by atoms with Crippen molar-refractivity contribution >= 4 is 28.8 Å². The molecule has 3 nitrogen and oxygen atoms in total. The number of benzene rings is 2. The van der Waals surface area contributed by atoms with Crippen LogP contribution in [0.4, 0.5) is 0 Å². The van der Waals surface area contributed by atoms with Gasteiger partial charge in [-0.3, -0.25) is 9.52 Å². The number of carbonyl (C=O) groups excluding carboxylic acids is 1. The number of rotatable bonds is 3. The van der Waals surface area contributed by atoms with Crippen molar-refractivity contribution in [2.24, 2.45) is 0 Å². The molecule has 1 aromatic heterocycles. The lowest BCUT2D eigenvalue weighted by molar-refractivity contribution is 0.0984. The van der Waals surface area contributed by atoms with E-state index in [1.54, 1.807) is 12.1 Å². The van der Waals surface area contributed by atoms with E-state index in [9.17, 15) is 4.79 Å². The van der Waals surface area contributed by atoms with E-state index in [1.165, 1.54) is 11.9 Å². The third kappa shape index (κ3) is 2.42. The zero-order valence-electron chi connectivity index (χ0n) is 11.0. The summed E-state index contributed by atoms with van der Waals surface area (Å²) in [6.45, 7) is 2.01. The average Bonchev–Trinajstić information content (AvgIpc) is 2.81. The summed E-state index contributed by atoms with van der Waals surface area (Å²) in [6.07, 6.45) is 0. The number of hydrogen-bond donors (Lipinski definition) is 2. The molecule has 1 heterocycles. The van der Waals surface area contributed by atoms with Crippen LogP contribution in [0.5, 0.6) is 0 Å². The van der Waals surface area contributed by atoms with Gasteiger partial charge in [-0.05, 0) is 37.1 Å². The van der Waals surface area contributed by atoms with Gasteiger partial charge in [0.15, 0.2) is 0 Å². The van der Waals surface area contributed by atoms with Crippen molar-refractivity contribution < 1.29 is 4.79 Å². The molecular formula is C16H14N2OS. The lowest BCUT2D eigenvalue weighted by Gasteiger charge is -2.04. The normalized spacial score (nSPS) is 10.7. The van der Waals surface area contributed by atoms with Gasteiger partial charge >= 0.3 is 0 Å². The van der Waals surface area contributed by atoms with Crippen molar-refractivity contribution in [3.8, 4) is 0 Å². The van der Waals surface area contributed by atoms with Crippen molar-refractivity contribution in [3.05, 3.63) is 65.9 Å². The summed E-state index contributed by atoms with van der Waals surface area (Å²) in [5.74, 6) is -0.0831. The highest BCUT2D eigenvalue weighted by molar-refractivity contribution is 7.98. The maximum atomic E-state index is 12.0. The van der Waals surface area contributed by atoms with Crippen LogP contribution in [0.15, 0.2) is 59.5 Å². The Morgan fingerprint density at radius 3 is 2.55 bits per heavy atom. The van der Waals surface area contributed by atoms with E-state index in [0.29, 0.717) is 5.56 Å². The minimum Gasteiger partial charge on any atom is -0.358 e. The molecule has 100 valence electrons. The first kappa shape index (κ1) is 12.8. The van der Waals surface area contributed by atoms with E-state index >= 15 is 0 Å². The number of aryl methyl sites for hydroxylation is 1. The van der Waals surface area contributed by atoms with Crippen molar-refractivity contribution in [1.82, 2.24) is 9.71 Å². The molecule has 0 spiro atoms. The Morgan fingerprint density at radius 1 is 1.05 bits per heavy atom. The highest BCUT2D eigenvalue weighted by Crippen LogP contribution is 2.29. The number of nitrogens with one attached hydrogen (secondary N) is 2. The van der Waals surface area contributed by atoms with Gasteiger partial charge in [0.05, 0.1) is 4.90 Å². The third-order valence-corrected chi connectivity index (χ3v) is 4.13. The second kappa shape index (κ2) is 5.43. The number of aromatic nitrogens is 1. The molecule has 0 aliphatic rings. The molecule has 0 saturated carbocycles. The lowest BCUT2D eigenvalue weighted by atomic mass is 10.2. The minimum atomic E-state index is -0.0831. The van der Waals surface area contributed by atoms with E-state index in [2.05, 4.69) is 15.8 Å². The number of hydrogen-bond acceptors (Lipinski definition) is 2. The molecule has 3 aromatic rings. The molecule has 2 aromatic carbocycles. The summed E-state index contributed by atoms with van der Waals surface area (Å²) in [5, 5.41) is 1.13. The number of aromatic amines is 1. The molecule has 1 amide bonds. The third-order valence-electron chi connectivity index (χ3n) is 3.12. The van der Waals surface area contributed by atoms with Crippen LogP contribution in [0.25, 0.3) is 10.9 Å². The summed E-state index contributed by atoms with van der Waals surface area (Å²) < 4.78 is 2.89. The number of fused-ring (bicyclic) bond motifs is 1. The van der Waals surface area contributed by atoms with Gasteiger partial charge in [-0.2, -0.15) is 0 Å². The molecule has 0 aliphatic heterocycles. The molecule has 20 heavy (non-hydrogen) atoms. The number of amides is 1. The quantitative estimate of drug-likeness (QED) is 0.715. The van der Waals surface area contributed by atoms with Crippen LogP contribution < -0.4 is 4.72 Å². The topological polar surface area (TPSA) is 44.9 Å². The maximum Gasteiger partial charge on any atom is 0.261 e. The SMILES string of the molecule is Cc1[nH]c2ccccc2c1SNC(=O)c1ccccc1. The Hall–Kier alpha value is -2.20. The van der Waals surface area contributed by atoms with Gasteiger partial charge in [-0.1, -0.05) is 36.4 Å². The zero-order chi connectivity index (χ0) is 13.9. The molecule has 3 rings (SSSR count). The smallest absolute Gasteiger partial charge is 0.261 e. The number of para-hydroxylation sites is 1.